The average Bonchev–Trinajstić information content (AvgIpc) is 3.16. The number of rotatable bonds is 4. The van der Waals surface area contributed by atoms with Crippen molar-refractivity contribution in [3.05, 3.63) is 35.4 Å². The van der Waals surface area contributed by atoms with E-state index in [0.29, 0.717) is 6.07 Å². The summed E-state index contributed by atoms with van der Waals surface area (Å²) in [6, 6.07) is 2.86. The van der Waals surface area contributed by atoms with Gasteiger partial charge in [-0.05, 0) is 49.9 Å². The Hall–Kier alpha value is -2.02. The maximum absolute atomic E-state index is 13.5. The third kappa shape index (κ3) is 3.50. The number of halogens is 2. The average molecular weight is 323 g/mol. The number of carbonyl (C=O) groups excluding carboxylic acids is 2. The van der Waals surface area contributed by atoms with Gasteiger partial charge < -0.3 is 16.0 Å². The Morgan fingerprint density at radius 1 is 1.26 bits per heavy atom. The minimum absolute atomic E-state index is 0.163. The summed E-state index contributed by atoms with van der Waals surface area (Å²) in [5.41, 5.74) is -0.0611. The third-order valence-corrected chi connectivity index (χ3v) is 4.71. The highest BCUT2D eigenvalue weighted by Gasteiger charge is 2.54. The highest BCUT2D eigenvalue weighted by molar-refractivity contribution is 5.96. The Balaban J connectivity index is 1.47. The summed E-state index contributed by atoms with van der Waals surface area (Å²) in [6.45, 7) is 1.71. The zero-order chi connectivity index (χ0) is 16.4. The Labute approximate surface area is 132 Å². The minimum Gasteiger partial charge on any atom is -0.351 e. The number of piperidine rings is 1. The van der Waals surface area contributed by atoms with Crippen molar-refractivity contribution < 1.29 is 18.4 Å². The molecule has 7 heteroatoms. The van der Waals surface area contributed by atoms with E-state index in [-0.39, 0.29) is 29.5 Å². The number of amides is 2. The van der Waals surface area contributed by atoms with Crippen LogP contribution in [0.1, 0.15) is 29.6 Å². The normalized spacial score (nSPS) is 21.7. The van der Waals surface area contributed by atoms with Gasteiger partial charge in [0.05, 0.1) is 12.1 Å². The molecular weight excluding hydrogens is 304 g/mol. The molecule has 3 N–H and O–H groups in total. The number of carbonyl (C=O) groups is 2. The van der Waals surface area contributed by atoms with Gasteiger partial charge in [0, 0.05) is 12.1 Å². The van der Waals surface area contributed by atoms with Crippen molar-refractivity contribution in [3.63, 3.8) is 0 Å². The molecule has 23 heavy (non-hydrogen) atoms. The van der Waals surface area contributed by atoms with Crippen molar-refractivity contribution in [3.8, 4) is 0 Å². The van der Waals surface area contributed by atoms with E-state index in [1.165, 1.54) is 0 Å². The van der Waals surface area contributed by atoms with Gasteiger partial charge in [-0.25, -0.2) is 8.78 Å². The molecule has 1 saturated heterocycles. The molecule has 0 bridgehead atoms. The standard InChI is InChI=1S/C16H19F2N3O2/c17-10-1-2-11(12(18)7-10)15(23)20-9-14(22)21-13-8-16(13)3-5-19-6-4-16/h1-2,7,13,19H,3-6,8-9H2,(H,20,23)(H,21,22). The molecule has 2 amide bonds. The molecule has 1 saturated carbocycles. The van der Waals surface area contributed by atoms with Gasteiger partial charge >= 0.3 is 0 Å². The van der Waals surface area contributed by atoms with Crippen molar-refractivity contribution in [2.24, 2.45) is 5.41 Å². The summed E-state index contributed by atoms with van der Waals surface area (Å²) in [6.07, 6.45) is 3.07. The van der Waals surface area contributed by atoms with Crippen LogP contribution in [-0.2, 0) is 4.79 Å². The molecule has 1 atom stereocenters. The summed E-state index contributed by atoms with van der Waals surface area (Å²) in [7, 11) is 0. The fourth-order valence-corrected chi connectivity index (χ4v) is 3.20. The van der Waals surface area contributed by atoms with E-state index in [0.717, 1.165) is 44.5 Å². The number of nitrogens with one attached hydrogen (secondary N) is 3. The fourth-order valence-electron chi connectivity index (χ4n) is 3.20. The second kappa shape index (κ2) is 6.23. The second-order valence-electron chi connectivity index (χ2n) is 6.24. The van der Waals surface area contributed by atoms with E-state index in [1.807, 2.05) is 0 Å². The van der Waals surface area contributed by atoms with Crippen LogP contribution in [0.15, 0.2) is 18.2 Å². The summed E-state index contributed by atoms with van der Waals surface area (Å²) in [5, 5.41) is 8.56. The second-order valence-corrected chi connectivity index (χ2v) is 6.24. The van der Waals surface area contributed by atoms with E-state index >= 15 is 0 Å². The van der Waals surface area contributed by atoms with Gasteiger partial charge in [-0.2, -0.15) is 0 Å². The lowest BCUT2D eigenvalue weighted by atomic mass is 9.94. The lowest BCUT2D eigenvalue weighted by molar-refractivity contribution is -0.120. The molecule has 1 unspecified atom stereocenters. The molecular formula is C16H19F2N3O2. The first-order chi connectivity index (χ1) is 11.0. The van der Waals surface area contributed by atoms with Crippen LogP contribution in [0.4, 0.5) is 8.78 Å². The highest BCUT2D eigenvalue weighted by Crippen LogP contribution is 2.52. The molecule has 2 fully saturated rings. The molecule has 124 valence electrons. The zero-order valence-electron chi connectivity index (χ0n) is 12.6. The Kier molecular flexibility index (Phi) is 4.30. The summed E-state index contributed by atoms with van der Waals surface area (Å²) in [5.74, 6) is -2.72. The molecule has 0 aromatic heterocycles. The van der Waals surface area contributed by atoms with Crippen LogP contribution in [0.3, 0.4) is 0 Å². The van der Waals surface area contributed by atoms with Crippen molar-refractivity contribution >= 4 is 11.8 Å². The Bertz CT molecular complexity index is 630. The van der Waals surface area contributed by atoms with Crippen LogP contribution >= 0.6 is 0 Å². The molecule has 1 aliphatic carbocycles. The Morgan fingerprint density at radius 2 is 2.00 bits per heavy atom. The third-order valence-electron chi connectivity index (χ3n) is 4.71. The molecule has 2 aliphatic rings. The smallest absolute Gasteiger partial charge is 0.254 e. The molecule has 5 nitrogen and oxygen atoms in total. The van der Waals surface area contributed by atoms with Crippen molar-refractivity contribution in [1.82, 2.24) is 16.0 Å². The van der Waals surface area contributed by atoms with Crippen molar-refractivity contribution in [2.45, 2.75) is 25.3 Å². The topological polar surface area (TPSA) is 70.2 Å². The van der Waals surface area contributed by atoms with E-state index in [9.17, 15) is 18.4 Å². The van der Waals surface area contributed by atoms with E-state index in [2.05, 4.69) is 16.0 Å². The van der Waals surface area contributed by atoms with E-state index in [1.54, 1.807) is 0 Å². The molecule has 0 radical (unpaired) electrons. The molecule has 1 aromatic carbocycles. The summed E-state index contributed by atoms with van der Waals surface area (Å²) >= 11 is 0. The number of benzene rings is 1. The molecule has 1 aromatic rings. The molecule has 1 heterocycles. The van der Waals surface area contributed by atoms with Gasteiger partial charge in [0.15, 0.2) is 0 Å². The van der Waals surface area contributed by atoms with Crippen LogP contribution in [0.2, 0.25) is 0 Å². The van der Waals surface area contributed by atoms with Gasteiger partial charge in [-0.1, -0.05) is 0 Å². The van der Waals surface area contributed by atoms with E-state index in [4.69, 9.17) is 0 Å². The zero-order valence-corrected chi connectivity index (χ0v) is 12.6. The Morgan fingerprint density at radius 3 is 2.70 bits per heavy atom. The number of hydrogen-bond acceptors (Lipinski definition) is 3. The van der Waals surface area contributed by atoms with Crippen molar-refractivity contribution in [2.75, 3.05) is 19.6 Å². The predicted molar refractivity (Wildman–Crippen MR) is 79.8 cm³/mol. The maximum Gasteiger partial charge on any atom is 0.254 e. The maximum atomic E-state index is 13.5. The van der Waals surface area contributed by atoms with Crippen LogP contribution in [-0.4, -0.2) is 37.5 Å². The molecule has 3 rings (SSSR count). The molecule has 1 spiro atoms. The van der Waals surface area contributed by atoms with Crippen LogP contribution in [0.25, 0.3) is 0 Å². The monoisotopic (exact) mass is 323 g/mol. The van der Waals surface area contributed by atoms with Gasteiger partial charge in [0.2, 0.25) is 5.91 Å². The highest BCUT2D eigenvalue weighted by atomic mass is 19.1. The van der Waals surface area contributed by atoms with Crippen molar-refractivity contribution in [1.29, 1.82) is 0 Å². The van der Waals surface area contributed by atoms with Crippen LogP contribution in [0, 0.1) is 17.0 Å². The van der Waals surface area contributed by atoms with Crippen LogP contribution in [0.5, 0.6) is 0 Å². The number of hydrogen-bond donors (Lipinski definition) is 3. The lowest BCUT2D eigenvalue weighted by Gasteiger charge is -2.23. The van der Waals surface area contributed by atoms with Crippen LogP contribution < -0.4 is 16.0 Å². The first kappa shape index (κ1) is 15.9. The minimum atomic E-state index is -0.946. The molecule has 1 aliphatic heterocycles. The SMILES string of the molecule is O=C(CNC(=O)c1ccc(F)cc1F)NC1CC12CCNCC2. The van der Waals surface area contributed by atoms with Gasteiger partial charge in [-0.3, -0.25) is 9.59 Å². The summed E-state index contributed by atoms with van der Waals surface area (Å²) in [4.78, 5) is 23.7. The largest absolute Gasteiger partial charge is 0.351 e. The summed E-state index contributed by atoms with van der Waals surface area (Å²) < 4.78 is 26.3. The van der Waals surface area contributed by atoms with E-state index < -0.39 is 17.5 Å². The first-order valence-electron chi connectivity index (χ1n) is 7.73. The quantitative estimate of drug-likeness (QED) is 0.773. The van der Waals surface area contributed by atoms with Gasteiger partial charge in [-0.15, -0.1) is 0 Å². The van der Waals surface area contributed by atoms with Gasteiger partial charge in [0.25, 0.3) is 5.91 Å². The fraction of sp³-hybridized carbons (Fsp3) is 0.500. The first-order valence-corrected chi connectivity index (χ1v) is 7.73. The lowest BCUT2D eigenvalue weighted by Crippen LogP contribution is -2.41. The predicted octanol–water partition coefficient (Wildman–Crippen LogP) is 0.953. The van der Waals surface area contributed by atoms with Gasteiger partial charge in [0.1, 0.15) is 11.6 Å².